The Morgan fingerprint density at radius 3 is 2.33 bits per heavy atom. The van der Waals surface area contributed by atoms with Crippen molar-refractivity contribution in [1.82, 2.24) is 9.88 Å². The van der Waals surface area contributed by atoms with Gasteiger partial charge in [-0.25, -0.2) is 8.78 Å². The Kier molecular flexibility index (Phi) is 11.3. The maximum atomic E-state index is 14.3. The molecule has 3 N–H and O–H groups in total. The lowest BCUT2D eigenvalue weighted by Gasteiger charge is -2.37. The van der Waals surface area contributed by atoms with E-state index in [1.54, 1.807) is 12.1 Å². The zero-order valence-electron chi connectivity index (χ0n) is 26.8. The Balaban J connectivity index is 1.43. The molecule has 0 amide bonds. The number of nitrogens with two attached hydrogens (primary N) is 1. The number of nitrogens with one attached hydrogen (secondary N) is 1. The fourth-order valence-electron chi connectivity index (χ4n) is 6.25. The van der Waals surface area contributed by atoms with Crippen LogP contribution in [0.15, 0.2) is 59.4 Å². The minimum atomic E-state index is -1.01. The normalized spacial score (nSPS) is 19.1. The molecule has 1 fully saturated rings. The SMILES string of the molecule is CC(C)C[C@H](NCCc1ccc(-n2c(N)c(C(=O)c3ccc(F)cc3F)ccc2=O)cc1)C(=O)O[C@@H]1C[C@H](C)CC[C@H]1C(C)C. The molecular weight excluding hydrogens is 576 g/mol. The first-order chi connectivity index (χ1) is 21.3. The molecule has 1 aliphatic carbocycles. The lowest BCUT2D eigenvalue weighted by Crippen LogP contribution is -2.44. The third kappa shape index (κ3) is 8.45. The quantitative estimate of drug-likeness (QED) is 0.177. The smallest absolute Gasteiger partial charge is 0.323 e. The molecule has 1 heterocycles. The van der Waals surface area contributed by atoms with Crippen molar-refractivity contribution in [3.63, 3.8) is 0 Å². The molecule has 242 valence electrons. The number of ether oxygens (including phenoxy) is 1. The van der Waals surface area contributed by atoms with E-state index < -0.39 is 29.0 Å². The number of halogens is 2. The molecule has 1 saturated carbocycles. The van der Waals surface area contributed by atoms with Crippen molar-refractivity contribution in [2.75, 3.05) is 12.3 Å². The summed E-state index contributed by atoms with van der Waals surface area (Å²) in [4.78, 5) is 39.1. The van der Waals surface area contributed by atoms with Gasteiger partial charge in [-0.15, -0.1) is 0 Å². The number of carbonyl (C=O) groups excluding carboxylic acids is 2. The van der Waals surface area contributed by atoms with Gasteiger partial charge in [-0.05, 0) is 91.8 Å². The van der Waals surface area contributed by atoms with E-state index in [0.717, 1.165) is 30.5 Å². The highest BCUT2D eigenvalue weighted by atomic mass is 19.1. The number of benzene rings is 2. The first-order valence-corrected chi connectivity index (χ1v) is 15.9. The maximum absolute atomic E-state index is 14.3. The summed E-state index contributed by atoms with van der Waals surface area (Å²) in [7, 11) is 0. The van der Waals surface area contributed by atoms with Crippen LogP contribution in [-0.2, 0) is 16.0 Å². The molecule has 0 spiro atoms. The number of rotatable bonds is 12. The molecule has 1 aliphatic rings. The summed E-state index contributed by atoms with van der Waals surface area (Å²) < 4.78 is 35.0. The van der Waals surface area contributed by atoms with Crippen LogP contribution in [0, 0.1) is 35.3 Å². The van der Waals surface area contributed by atoms with Crippen LogP contribution in [0.5, 0.6) is 0 Å². The van der Waals surface area contributed by atoms with Crippen LogP contribution in [0.25, 0.3) is 5.69 Å². The van der Waals surface area contributed by atoms with E-state index in [0.29, 0.717) is 54.8 Å². The van der Waals surface area contributed by atoms with Gasteiger partial charge >= 0.3 is 5.97 Å². The molecule has 3 aromatic rings. The molecule has 4 rings (SSSR count). The number of pyridine rings is 1. The summed E-state index contributed by atoms with van der Waals surface area (Å²) in [6.45, 7) is 11.4. The number of hydrogen-bond donors (Lipinski definition) is 2. The van der Waals surface area contributed by atoms with Gasteiger partial charge in [0.2, 0.25) is 0 Å². The molecule has 45 heavy (non-hydrogen) atoms. The molecule has 9 heteroatoms. The molecule has 4 atom stereocenters. The number of nitrogens with zero attached hydrogens (tertiary/aromatic N) is 1. The lowest BCUT2D eigenvalue weighted by atomic mass is 9.75. The third-order valence-corrected chi connectivity index (χ3v) is 8.77. The molecule has 2 aromatic carbocycles. The van der Waals surface area contributed by atoms with Gasteiger partial charge in [0.25, 0.3) is 5.56 Å². The Morgan fingerprint density at radius 2 is 1.69 bits per heavy atom. The molecule has 7 nitrogen and oxygen atoms in total. The maximum Gasteiger partial charge on any atom is 0.323 e. The highest BCUT2D eigenvalue weighted by molar-refractivity contribution is 6.11. The molecule has 0 aliphatic heterocycles. The zero-order chi connectivity index (χ0) is 32.8. The van der Waals surface area contributed by atoms with Crippen molar-refractivity contribution in [2.24, 2.45) is 23.7 Å². The van der Waals surface area contributed by atoms with Crippen molar-refractivity contribution in [3.8, 4) is 5.69 Å². The first-order valence-electron chi connectivity index (χ1n) is 15.9. The van der Waals surface area contributed by atoms with Crippen molar-refractivity contribution < 1.29 is 23.1 Å². The van der Waals surface area contributed by atoms with Crippen LogP contribution >= 0.6 is 0 Å². The minimum Gasteiger partial charge on any atom is -0.461 e. The van der Waals surface area contributed by atoms with E-state index in [9.17, 15) is 23.2 Å². The van der Waals surface area contributed by atoms with E-state index in [-0.39, 0.29) is 29.0 Å². The van der Waals surface area contributed by atoms with E-state index >= 15 is 0 Å². The Labute approximate surface area is 264 Å². The summed E-state index contributed by atoms with van der Waals surface area (Å²) >= 11 is 0. The van der Waals surface area contributed by atoms with Crippen molar-refractivity contribution >= 4 is 17.6 Å². The fourth-order valence-corrected chi connectivity index (χ4v) is 6.25. The summed E-state index contributed by atoms with van der Waals surface area (Å²) in [6, 6.07) is 11.8. The number of nitrogen functional groups attached to an aromatic ring is 1. The van der Waals surface area contributed by atoms with Gasteiger partial charge in [0.05, 0.1) is 16.8 Å². The molecule has 0 bridgehead atoms. The highest BCUT2D eigenvalue weighted by Crippen LogP contribution is 2.35. The van der Waals surface area contributed by atoms with Gasteiger partial charge in [0, 0.05) is 12.1 Å². The molecule has 0 radical (unpaired) electrons. The second-order valence-electron chi connectivity index (χ2n) is 13.1. The van der Waals surface area contributed by atoms with Crippen LogP contribution in [0.4, 0.5) is 14.6 Å². The molecular formula is C36H45F2N3O4. The number of hydrogen-bond acceptors (Lipinski definition) is 6. The Hall–Kier alpha value is -3.85. The summed E-state index contributed by atoms with van der Waals surface area (Å²) in [5.41, 5.74) is 6.78. The van der Waals surface area contributed by atoms with Crippen LogP contribution < -0.4 is 16.6 Å². The lowest BCUT2D eigenvalue weighted by molar-refractivity contribution is -0.159. The summed E-state index contributed by atoms with van der Waals surface area (Å²) in [5, 5.41) is 3.41. The van der Waals surface area contributed by atoms with E-state index in [1.165, 1.54) is 23.1 Å². The molecule has 0 saturated heterocycles. The van der Waals surface area contributed by atoms with Crippen LogP contribution in [0.3, 0.4) is 0 Å². The first kappa shape index (κ1) is 34.0. The topological polar surface area (TPSA) is 103 Å². The van der Waals surface area contributed by atoms with Gasteiger partial charge in [0.15, 0.2) is 5.78 Å². The average molecular weight is 622 g/mol. The van der Waals surface area contributed by atoms with Crippen LogP contribution in [-0.4, -0.2) is 35.0 Å². The van der Waals surface area contributed by atoms with Gasteiger partial charge in [0.1, 0.15) is 29.6 Å². The number of aromatic nitrogens is 1. The number of ketones is 1. The second kappa shape index (κ2) is 15.0. The third-order valence-electron chi connectivity index (χ3n) is 8.77. The highest BCUT2D eigenvalue weighted by Gasteiger charge is 2.35. The van der Waals surface area contributed by atoms with Gasteiger partial charge in [-0.1, -0.05) is 53.2 Å². The van der Waals surface area contributed by atoms with Gasteiger partial charge in [-0.2, -0.15) is 0 Å². The van der Waals surface area contributed by atoms with Crippen molar-refractivity contribution in [3.05, 3.63) is 93.3 Å². The number of esters is 1. The van der Waals surface area contributed by atoms with Gasteiger partial charge < -0.3 is 15.8 Å². The monoisotopic (exact) mass is 621 g/mol. The zero-order valence-corrected chi connectivity index (χ0v) is 26.8. The van der Waals surface area contributed by atoms with Crippen molar-refractivity contribution in [2.45, 2.75) is 78.9 Å². The predicted octanol–water partition coefficient (Wildman–Crippen LogP) is 6.48. The largest absolute Gasteiger partial charge is 0.461 e. The van der Waals surface area contributed by atoms with Crippen molar-refractivity contribution in [1.29, 1.82) is 0 Å². The second-order valence-corrected chi connectivity index (χ2v) is 13.1. The van der Waals surface area contributed by atoms with E-state index in [2.05, 4.69) is 39.9 Å². The average Bonchev–Trinajstić information content (AvgIpc) is 2.97. The van der Waals surface area contributed by atoms with Crippen LogP contribution in [0.1, 0.15) is 81.8 Å². The van der Waals surface area contributed by atoms with Crippen LogP contribution in [0.2, 0.25) is 0 Å². The Bertz CT molecular complexity index is 1550. The molecule has 0 unspecified atom stereocenters. The molecule has 1 aromatic heterocycles. The standard InChI is InChI=1S/C36H45F2N3O4/c1-21(2)18-31(36(44)45-32-19-23(5)6-12-27(32)22(3)4)40-17-16-24-7-10-26(11-8-24)41-33(42)15-14-29(35(41)39)34(43)28-13-9-25(37)20-30(28)38/h7-11,13-15,20-23,27,31-32,40H,6,12,16-19,39H2,1-5H3/t23-,27+,31+,32-/m1/s1. The number of carbonyl (C=O) groups is 2. The summed E-state index contributed by atoms with van der Waals surface area (Å²) in [5.74, 6) is -1.20. The van der Waals surface area contributed by atoms with E-state index in [4.69, 9.17) is 10.5 Å². The minimum absolute atomic E-state index is 0.0513. The fraction of sp³-hybridized carbons (Fsp3) is 0.472. The van der Waals surface area contributed by atoms with Gasteiger partial charge in [-0.3, -0.25) is 19.0 Å². The summed E-state index contributed by atoms with van der Waals surface area (Å²) in [6.07, 6.45) is 4.41. The van der Waals surface area contributed by atoms with E-state index in [1.807, 2.05) is 12.1 Å². The number of anilines is 1. The Morgan fingerprint density at radius 1 is 1.00 bits per heavy atom. The predicted molar refractivity (Wildman–Crippen MR) is 172 cm³/mol.